The van der Waals surface area contributed by atoms with E-state index < -0.39 is 24.6 Å². The van der Waals surface area contributed by atoms with Crippen LogP contribution in [0.5, 0.6) is 0 Å². The fourth-order valence-corrected chi connectivity index (χ4v) is 4.28. The number of nitrogens with zero attached hydrogens (tertiary/aromatic N) is 1. The van der Waals surface area contributed by atoms with Gasteiger partial charge < -0.3 is 15.5 Å². The molecule has 3 rings (SSSR count). The van der Waals surface area contributed by atoms with Crippen molar-refractivity contribution in [1.29, 1.82) is 0 Å². The molecule has 1 heterocycles. The molecule has 0 saturated carbocycles. The molecule has 2 aromatic carbocycles. The summed E-state index contributed by atoms with van der Waals surface area (Å²) in [7, 11) is 0. The van der Waals surface area contributed by atoms with Crippen LogP contribution in [-0.4, -0.2) is 31.8 Å². The Hall–Kier alpha value is -2.84. The summed E-state index contributed by atoms with van der Waals surface area (Å²) in [6.07, 6.45) is -0.187. The monoisotopic (exact) mass is 511 g/mol. The molecular formula is C27H34F5N3O. The molecule has 1 fully saturated rings. The second-order valence-corrected chi connectivity index (χ2v) is 9.23. The highest BCUT2D eigenvalue weighted by atomic mass is 19.4. The Morgan fingerprint density at radius 3 is 2.36 bits per heavy atom. The van der Waals surface area contributed by atoms with Gasteiger partial charge in [-0.3, -0.25) is 4.79 Å². The van der Waals surface area contributed by atoms with Crippen molar-refractivity contribution in [3.8, 4) is 0 Å². The molecule has 0 aromatic heterocycles. The molecule has 36 heavy (non-hydrogen) atoms. The second kappa shape index (κ2) is 13.5. The van der Waals surface area contributed by atoms with Gasteiger partial charge in [0.05, 0.1) is 16.9 Å². The van der Waals surface area contributed by atoms with E-state index in [0.29, 0.717) is 37.9 Å². The van der Waals surface area contributed by atoms with Gasteiger partial charge in [-0.05, 0) is 68.0 Å². The highest BCUT2D eigenvalue weighted by Gasteiger charge is 2.29. The van der Waals surface area contributed by atoms with Crippen molar-refractivity contribution in [3.05, 3.63) is 53.6 Å². The molecule has 0 unspecified atom stereocenters. The zero-order valence-electron chi connectivity index (χ0n) is 20.3. The summed E-state index contributed by atoms with van der Waals surface area (Å²) in [6.45, 7) is 1.16. The summed E-state index contributed by atoms with van der Waals surface area (Å²) < 4.78 is 63.5. The van der Waals surface area contributed by atoms with Crippen LogP contribution in [0, 0.1) is 0 Å². The molecule has 9 heteroatoms. The molecule has 198 valence electrons. The van der Waals surface area contributed by atoms with E-state index in [2.05, 4.69) is 15.5 Å². The summed E-state index contributed by atoms with van der Waals surface area (Å²) in [5.74, 6) is -0.124. The van der Waals surface area contributed by atoms with Crippen LogP contribution in [0.15, 0.2) is 42.5 Å². The molecule has 1 amide bonds. The minimum Gasteiger partial charge on any atom is -0.381 e. The number of hydrogen-bond acceptors (Lipinski definition) is 3. The molecule has 0 radical (unpaired) electrons. The Kier molecular flexibility index (Phi) is 10.4. The zero-order valence-corrected chi connectivity index (χ0v) is 20.3. The highest BCUT2D eigenvalue weighted by molar-refractivity contribution is 5.95. The van der Waals surface area contributed by atoms with Crippen LogP contribution in [0.25, 0.3) is 0 Å². The first-order chi connectivity index (χ1) is 17.3. The largest absolute Gasteiger partial charge is 0.416 e. The molecule has 1 aliphatic rings. The standard InChI is InChI=1S/C27H34F5N3O/c28-18-22(29)7-3-1-4-8-26(36)34-24-14-13-23(17-25(24)35-15-5-2-6-16-35)33-19-20-9-11-21(12-10-20)27(30,31)32/h9-14,17,22,33H,1-8,15-16,18-19H2,(H,34,36)/t22-/m1/s1. The van der Waals surface area contributed by atoms with E-state index in [1.54, 1.807) is 0 Å². The van der Waals surface area contributed by atoms with Crippen molar-refractivity contribution in [2.45, 2.75) is 70.3 Å². The normalized spacial score (nSPS) is 15.0. The Bertz CT molecular complexity index is 959. The van der Waals surface area contributed by atoms with Gasteiger partial charge in [0, 0.05) is 31.7 Å². The van der Waals surface area contributed by atoms with Crippen LogP contribution < -0.4 is 15.5 Å². The third-order valence-corrected chi connectivity index (χ3v) is 6.34. The number of carbonyl (C=O) groups excluding carboxylic acids is 1. The van der Waals surface area contributed by atoms with Gasteiger partial charge in [-0.15, -0.1) is 0 Å². The van der Waals surface area contributed by atoms with E-state index >= 15 is 0 Å². The van der Waals surface area contributed by atoms with Crippen LogP contribution in [0.4, 0.5) is 39.0 Å². The molecular weight excluding hydrogens is 477 g/mol. The number of benzene rings is 2. The van der Waals surface area contributed by atoms with Crippen molar-refractivity contribution in [3.63, 3.8) is 0 Å². The van der Waals surface area contributed by atoms with E-state index in [-0.39, 0.29) is 12.3 Å². The maximum Gasteiger partial charge on any atom is 0.416 e. The fraction of sp³-hybridized carbons (Fsp3) is 0.519. The van der Waals surface area contributed by atoms with Crippen molar-refractivity contribution in [2.75, 3.05) is 35.3 Å². The number of rotatable bonds is 12. The predicted octanol–water partition coefficient (Wildman–Crippen LogP) is 7.50. The van der Waals surface area contributed by atoms with Gasteiger partial charge in [0.15, 0.2) is 0 Å². The SMILES string of the molecule is O=C(CCCCC[C@@H](F)CF)Nc1ccc(NCc2ccc(C(F)(F)F)cc2)cc1N1CCCCC1. The fourth-order valence-electron chi connectivity index (χ4n) is 4.28. The van der Waals surface area contributed by atoms with Crippen LogP contribution in [0.3, 0.4) is 0 Å². The molecule has 0 spiro atoms. The molecule has 4 nitrogen and oxygen atoms in total. The summed E-state index contributed by atoms with van der Waals surface area (Å²) in [4.78, 5) is 14.8. The first kappa shape index (κ1) is 27.7. The van der Waals surface area contributed by atoms with Gasteiger partial charge in [0.25, 0.3) is 0 Å². The molecule has 1 atom stereocenters. The van der Waals surface area contributed by atoms with Crippen molar-refractivity contribution < 1.29 is 26.7 Å². The summed E-state index contributed by atoms with van der Waals surface area (Å²) in [5, 5.41) is 6.25. The van der Waals surface area contributed by atoms with Gasteiger partial charge in [-0.25, -0.2) is 8.78 Å². The van der Waals surface area contributed by atoms with Crippen molar-refractivity contribution in [2.24, 2.45) is 0 Å². The minimum atomic E-state index is -4.36. The molecule has 1 saturated heterocycles. The number of halogens is 5. The Labute approximate surface area is 209 Å². The van der Waals surface area contributed by atoms with Gasteiger partial charge in [0.1, 0.15) is 12.8 Å². The van der Waals surface area contributed by atoms with Crippen molar-refractivity contribution in [1.82, 2.24) is 0 Å². The van der Waals surface area contributed by atoms with Crippen LogP contribution in [-0.2, 0) is 17.5 Å². The maximum absolute atomic E-state index is 13.0. The molecule has 0 aliphatic carbocycles. The first-order valence-corrected chi connectivity index (χ1v) is 12.5. The lowest BCUT2D eigenvalue weighted by Crippen LogP contribution is -2.30. The number of anilines is 3. The average molecular weight is 512 g/mol. The summed E-state index contributed by atoms with van der Waals surface area (Å²) in [5.41, 5.74) is 2.48. The Morgan fingerprint density at radius 2 is 1.69 bits per heavy atom. The molecule has 2 aromatic rings. The molecule has 1 aliphatic heterocycles. The van der Waals surface area contributed by atoms with E-state index in [9.17, 15) is 26.7 Å². The zero-order chi connectivity index (χ0) is 26.0. The quantitative estimate of drug-likeness (QED) is 0.229. The van der Waals surface area contributed by atoms with Gasteiger partial charge in [-0.1, -0.05) is 25.0 Å². The van der Waals surface area contributed by atoms with Crippen molar-refractivity contribution >= 4 is 23.0 Å². The van der Waals surface area contributed by atoms with Crippen LogP contribution in [0.2, 0.25) is 0 Å². The van der Waals surface area contributed by atoms with E-state index in [0.717, 1.165) is 61.4 Å². The van der Waals surface area contributed by atoms with Gasteiger partial charge in [-0.2, -0.15) is 13.2 Å². The van der Waals surface area contributed by atoms with E-state index in [4.69, 9.17) is 0 Å². The molecule has 2 N–H and O–H groups in total. The number of piperidine rings is 1. The average Bonchev–Trinajstić information content (AvgIpc) is 2.88. The number of hydrogen-bond donors (Lipinski definition) is 2. The van der Waals surface area contributed by atoms with Gasteiger partial charge in [0.2, 0.25) is 5.91 Å². The number of unbranched alkanes of at least 4 members (excludes halogenated alkanes) is 2. The number of carbonyl (C=O) groups is 1. The summed E-state index contributed by atoms with van der Waals surface area (Å²) >= 11 is 0. The minimum absolute atomic E-state index is 0.124. The third-order valence-electron chi connectivity index (χ3n) is 6.34. The number of alkyl halides is 5. The van der Waals surface area contributed by atoms with Crippen LogP contribution >= 0.6 is 0 Å². The topological polar surface area (TPSA) is 44.4 Å². The second-order valence-electron chi connectivity index (χ2n) is 9.23. The number of amides is 1. The highest BCUT2D eigenvalue weighted by Crippen LogP contribution is 2.33. The number of nitrogens with one attached hydrogen (secondary N) is 2. The lowest BCUT2D eigenvalue weighted by atomic mass is 10.1. The first-order valence-electron chi connectivity index (χ1n) is 12.5. The smallest absolute Gasteiger partial charge is 0.381 e. The van der Waals surface area contributed by atoms with Crippen LogP contribution in [0.1, 0.15) is 62.5 Å². The maximum atomic E-state index is 13.0. The Balaban J connectivity index is 1.61. The summed E-state index contributed by atoms with van der Waals surface area (Å²) in [6, 6.07) is 10.7. The van der Waals surface area contributed by atoms with E-state index in [1.807, 2.05) is 18.2 Å². The Morgan fingerprint density at radius 1 is 0.972 bits per heavy atom. The lowest BCUT2D eigenvalue weighted by molar-refractivity contribution is -0.137. The lowest BCUT2D eigenvalue weighted by Gasteiger charge is -2.31. The molecule has 0 bridgehead atoms. The van der Waals surface area contributed by atoms with E-state index in [1.165, 1.54) is 12.1 Å². The third kappa shape index (κ3) is 8.68. The van der Waals surface area contributed by atoms with Gasteiger partial charge >= 0.3 is 6.18 Å². The predicted molar refractivity (Wildman–Crippen MR) is 134 cm³/mol.